The van der Waals surface area contributed by atoms with Gasteiger partial charge in [0.05, 0.1) is 19.3 Å². The maximum Gasteiger partial charge on any atom is 0.303 e. The minimum absolute atomic E-state index is 0.263. The van der Waals surface area contributed by atoms with Gasteiger partial charge in [0.15, 0.2) is 18.3 Å². The SMILES string of the molecule is CC[C@H]1O[C@@H](c2ccc(C)c(Cc3ccc(-c4ccc(F)cc4)s3)c2)[C@H](OC(C)=O)[C@@H](OC(C)=O)[C@@H]1OC(C)=O.Cc1ccc([C@@H]2O[C@H](CO)[C@@H](O)[C@H](O)[C@H]2O)cc1Cc1ccc(-c2ccc(F)cc2)s1.Cc1ccc([C@@H]2O[C@H](CO)[C@@H](O)[C@H](O)[C@H]2O)cc1Cc1ccc(-c2ccc(F)cc2)s1.II. The Bertz CT molecular complexity index is 4140. The molecule has 0 bridgehead atoms. The highest BCUT2D eigenvalue weighted by Gasteiger charge is 2.52. The van der Waals surface area contributed by atoms with Crippen molar-refractivity contribution >= 4 is 89.2 Å². The minimum atomic E-state index is -1.41. The first-order chi connectivity index (χ1) is 49.8. The van der Waals surface area contributed by atoms with Crippen LogP contribution < -0.4 is 0 Å². The highest BCUT2D eigenvalue weighted by Crippen LogP contribution is 2.42. The number of esters is 3. The molecule has 12 rings (SSSR count). The van der Waals surface area contributed by atoms with E-state index >= 15 is 0 Å². The van der Waals surface area contributed by atoms with Crippen molar-refractivity contribution < 1.29 is 96.8 Å². The zero-order valence-electron chi connectivity index (χ0n) is 57.9. The number of ether oxygens (including phenoxy) is 6. The summed E-state index contributed by atoms with van der Waals surface area (Å²) in [6.45, 7) is 10.8. The van der Waals surface area contributed by atoms with Crippen LogP contribution in [0.5, 0.6) is 0 Å². The fourth-order valence-electron chi connectivity index (χ4n) is 12.7. The number of aryl methyl sites for hydroxylation is 3. The van der Waals surface area contributed by atoms with E-state index in [4.69, 9.17) is 28.4 Å². The molecule has 25 heteroatoms. The lowest BCUT2D eigenvalue weighted by Crippen LogP contribution is -2.58. The number of aliphatic hydroxyl groups is 8. The molecule has 3 aliphatic rings. The highest BCUT2D eigenvalue weighted by molar-refractivity contribution is 15.0. The lowest BCUT2D eigenvalue weighted by molar-refractivity contribution is -0.249. The molecule has 104 heavy (non-hydrogen) atoms. The maximum absolute atomic E-state index is 13.4. The molecule has 3 fully saturated rings. The van der Waals surface area contributed by atoms with Gasteiger partial charge in [-0.15, -0.1) is 34.0 Å². The largest absolute Gasteiger partial charge is 0.456 e. The minimum Gasteiger partial charge on any atom is -0.456 e. The van der Waals surface area contributed by atoms with Crippen LogP contribution in [0.2, 0.25) is 0 Å². The first-order valence-electron chi connectivity index (χ1n) is 33.5. The van der Waals surface area contributed by atoms with Crippen LogP contribution in [0.3, 0.4) is 0 Å². The Hall–Kier alpha value is -6.36. The van der Waals surface area contributed by atoms with E-state index in [0.717, 1.165) is 84.9 Å². The van der Waals surface area contributed by atoms with Crippen LogP contribution in [0, 0.1) is 38.2 Å². The van der Waals surface area contributed by atoms with Crippen LogP contribution in [-0.2, 0) is 62.1 Å². The van der Waals surface area contributed by atoms with Gasteiger partial charge in [0, 0.05) is 107 Å². The third-order valence-corrected chi connectivity index (χ3v) is 21.7. The predicted octanol–water partition coefficient (Wildman–Crippen LogP) is 13.8. The van der Waals surface area contributed by atoms with Crippen molar-refractivity contribution in [3.63, 3.8) is 0 Å². The van der Waals surface area contributed by atoms with Gasteiger partial charge >= 0.3 is 17.9 Å². The third kappa shape index (κ3) is 20.7. The van der Waals surface area contributed by atoms with E-state index < -0.39 is 123 Å². The van der Waals surface area contributed by atoms with E-state index in [9.17, 15) is 68.4 Å². The fraction of sp³-hybridized carbons (Fsp3) is 0.354. The number of rotatable bonds is 18. The van der Waals surface area contributed by atoms with Crippen LogP contribution in [0.15, 0.2) is 164 Å². The van der Waals surface area contributed by atoms with E-state index in [1.54, 1.807) is 70.4 Å². The zero-order valence-corrected chi connectivity index (χ0v) is 64.6. The summed E-state index contributed by atoms with van der Waals surface area (Å²) in [5, 5.41) is 80.0. The Kier molecular flexibility index (Phi) is 29.8. The summed E-state index contributed by atoms with van der Waals surface area (Å²) in [6.07, 6.45) is -13.7. The summed E-state index contributed by atoms with van der Waals surface area (Å²) in [4.78, 5) is 42.7. The molecule has 17 nitrogen and oxygen atoms in total. The van der Waals surface area contributed by atoms with Gasteiger partial charge in [-0.25, -0.2) is 13.2 Å². The number of carbonyl (C=O) groups is 3. The zero-order chi connectivity index (χ0) is 75.2. The average molecular weight is 1710 g/mol. The molecule has 6 heterocycles. The van der Waals surface area contributed by atoms with Crippen molar-refractivity contribution in [2.45, 2.75) is 166 Å². The van der Waals surface area contributed by atoms with Crippen LogP contribution >= 0.6 is 71.2 Å². The maximum atomic E-state index is 13.4. The average Bonchev–Trinajstić information content (AvgIpc) is 0.896. The van der Waals surface area contributed by atoms with Gasteiger partial charge in [0.1, 0.15) is 84.6 Å². The number of aliphatic hydroxyl groups excluding tert-OH is 8. The molecule has 0 aliphatic carbocycles. The standard InChI is InChI=1S/C31H33FO7S.2C24H25FO5S.I2/c1-6-26-29(36-18(3)33)31(38-20(5)35)30(37-19(4)34)28(39-26)22-8-7-17(2)23(15-22)16-25-13-14-27(40-25)21-9-11-24(32)12-10-21;2*1-13-2-3-15(24-23(29)22(28)21(27)19(12-26)30-24)10-16(13)11-18-8-9-20(31-18)14-4-6-17(25)7-5-14;1-2/h7-15,26,28-31H,6,16H2,1-5H3;2*2-10,19,21-24,26-29H,11-12H2,1H3;/t26-,28+,29-,30+,31+;2*19-,21-,22+,23-,24+;/m111./s1. The van der Waals surface area contributed by atoms with Gasteiger partial charge in [-0.2, -0.15) is 0 Å². The lowest BCUT2D eigenvalue weighted by atomic mass is 9.88. The van der Waals surface area contributed by atoms with Gasteiger partial charge < -0.3 is 69.3 Å². The normalized spacial score (nSPS) is 24.3. The number of carbonyl (C=O) groups excluding carboxylic acids is 3. The molecule has 9 aromatic rings. The lowest BCUT2D eigenvalue weighted by Gasteiger charge is -2.45. The predicted molar refractivity (Wildman–Crippen MR) is 409 cm³/mol. The Labute approximate surface area is 637 Å². The van der Waals surface area contributed by atoms with Crippen molar-refractivity contribution in [2.75, 3.05) is 13.2 Å². The van der Waals surface area contributed by atoms with Crippen LogP contribution in [0.1, 0.15) is 117 Å². The molecular formula is C79H83F3I2O17S3. The summed E-state index contributed by atoms with van der Waals surface area (Å²) in [5.74, 6) is -2.52. The smallest absolute Gasteiger partial charge is 0.303 e. The number of hydrogen-bond acceptors (Lipinski definition) is 20. The van der Waals surface area contributed by atoms with E-state index in [1.807, 2.05) is 113 Å². The Balaban J connectivity index is 0.000000181. The van der Waals surface area contributed by atoms with Crippen LogP contribution in [0.4, 0.5) is 13.2 Å². The van der Waals surface area contributed by atoms with Gasteiger partial charge in [0.25, 0.3) is 0 Å². The molecule has 15 atom stereocenters. The second-order valence-electron chi connectivity index (χ2n) is 25.6. The van der Waals surface area contributed by atoms with Crippen molar-refractivity contribution in [1.82, 2.24) is 0 Å². The molecule has 3 aromatic heterocycles. The number of halogens is 5. The van der Waals surface area contributed by atoms with E-state index in [1.165, 1.54) is 57.2 Å². The second kappa shape index (κ2) is 37.9. The Morgan fingerprint density at radius 2 is 0.692 bits per heavy atom. The van der Waals surface area contributed by atoms with E-state index in [0.29, 0.717) is 36.8 Å². The molecule has 0 spiro atoms. The topological polar surface area (TPSA) is 268 Å². The van der Waals surface area contributed by atoms with E-state index in [-0.39, 0.29) is 17.5 Å². The van der Waals surface area contributed by atoms with E-state index in [2.05, 4.69) is 43.3 Å². The molecular weight excluding hydrogens is 1630 g/mol. The molecule has 0 saturated carbocycles. The molecule has 3 aliphatic heterocycles. The first kappa shape index (κ1) is 81.7. The van der Waals surface area contributed by atoms with Crippen LogP contribution in [-0.4, -0.2) is 145 Å². The number of hydrogen-bond donors (Lipinski definition) is 8. The molecule has 8 N–H and O–H groups in total. The second-order valence-corrected chi connectivity index (χ2v) is 29.1. The van der Waals surface area contributed by atoms with Crippen molar-refractivity contribution in [2.24, 2.45) is 0 Å². The quantitative estimate of drug-likeness (QED) is 0.0225. The summed E-state index contributed by atoms with van der Waals surface area (Å²) in [5.41, 5.74) is 11.3. The molecule has 6 aromatic carbocycles. The van der Waals surface area contributed by atoms with Gasteiger partial charge in [-0.1, -0.05) is 97.9 Å². The molecule has 0 unspecified atom stereocenters. The first-order valence-corrected chi connectivity index (χ1v) is 42.3. The highest BCUT2D eigenvalue weighted by atomic mass is 128. The summed E-state index contributed by atoms with van der Waals surface area (Å²) >= 11 is 9.14. The van der Waals surface area contributed by atoms with Gasteiger partial charge in [-0.05, 0) is 167 Å². The Morgan fingerprint density at radius 1 is 0.394 bits per heavy atom. The van der Waals surface area contributed by atoms with Crippen molar-refractivity contribution in [1.29, 1.82) is 0 Å². The third-order valence-electron chi connectivity index (χ3n) is 18.3. The summed E-state index contributed by atoms with van der Waals surface area (Å²) in [6, 6.07) is 48.7. The van der Waals surface area contributed by atoms with Gasteiger partial charge in [-0.3, -0.25) is 14.4 Å². The molecule has 3 saturated heterocycles. The molecule has 0 radical (unpaired) electrons. The Morgan fingerprint density at radius 3 is 1.00 bits per heavy atom. The summed E-state index contributed by atoms with van der Waals surface area (Å²) < 4.78 is 74.3. The van der Waals surface area contributed by atoms with Crippen LogP contribution in [0.25, 0.3) is 31.3 Å². The van der Waals surface area contributed by atoms with Crippen molar-refractivity contribution in [3.05, 3.63) is 246 Å². The molecule has 554 valence electrons. The fourth-order valence-corrected chi connectivity index (χ4v) is 15.8. The number of benzene rings is 6. The monoisotopic (exact) mass is 1710 g/mol. The van der Waals surface area contributed by atoms with Crippen molar-refractivity contribution in [3.8, 4) is 31.3 Å². The van der Waals surface area contributed by atoms with Gasteiger partial charge in [0.2, 0.25) is 0 Å². The summed E-state index contributed by atoms with van der Waals surface area (Å²) in [7, 11) is 0. The number of thiophene rings is 3. The molecule has 0 amide bonds.